The number of fused-ring (bicyclic) bond motifs is 1. The Morgan fingerprint density at radius 1 is 1.17 bits per heavy atom. The first-order chi connectivity index (χ1) is 11.8. The van der Waals surface area contributed by atoms with E-state index in [2.05, 4.69) is 22.7 Å². The average molecular weight is 333 g/mol. The van der Waals surface area contributed by atoms with E-state index < -0.39 is 0 Å². The van der Waals surface area contributed by atoms with Gasteiger partial charge in [0.25, 0.3) is 0 Å². The van der Waals surface area contributed by atoms with E-state index >= 15 is 0 Å². The molecule has 24 heavy (non-hydrogen) atoms. The second-order valence-corrected chi connectivity index (χ2v) is 7.82. The van der Waals surface area contributed by atoms with Gasteiger partial charge < -0.3 is 9.47 Å². The van der Waals surface area contributed by atoms with Crippen LogP contribution in [0, 0.1) is 11.8 Å². The van der Waals surface area contributed by atoms with Crippen LogP contribution in [-0.4, -0.2) is 54.2 Å². The Balaban J connectivity index is 1.41. The lowest BCUT2D eigenvalue weighted by Gasteiger charge is -2.35. The summed E-state index contributed by atoms with van der Waals surface area (Å²) < 4.78 is 13.6. The highest BCUT2D eigenvalue weighted by atomic mass is 16.5. The Labute approximate surface area is 145 Å². The molecule has 0 amide bonds. The van der Waals surface area contributed by atoms with Crippen molar-refractivity contribution in [1.29, 1.82) is 0 Å². The zero-order chi connectivity index (χ0) is 16.4. The molecule has 1 saturated carbocycles. The number of ether oxygens (including phenoxy) is 2. The van der Waals surface area contributed by atoms with Gasteiger partial charge in [-0.05, 0) is 44.4 Å². The summed E-state index contributed by atoms with van der Waals surface area (Å²) in [6.45, 7) is 10.1. The summed E-state index contributed by atoms with van der Waals surface area (Å²) in [5, 5.41) is 4.84. The van der Waals surface area contributed by atoms with Crippen molar-refractivity contribution in [3.63, 3.8) is 0 Å². The number of hydrogen-bond acceptors (Lipinski definition) is 4. The van der Waals surface area contributed by atoms with Crippen LogP contribution < -0.4 is 0 Å². The van der Waals surface area contributed by atoms with E-state index in [4.69, 9.17) is 14.6 Å². The molecule has 1 aliphatic carbocycles. The predicted octanol–water partition coefficient (Wildman–Crippen LogP) is 2.66. The first kappa shape index (κ1) is 16.6. The fraction of sp³-hybridized carbons (Fsp3) is 0.842. The van der Waals surface area contributed by atoms with Gasteiger partial charge in [-0.15, -0.1) is 0 Å². The van der Waals surface area contributed by atoms with Gasteiger partial charge in [0.15, 0.2) is 0 Å². The van der Waals surface area contributed by atoms with Gasteiger partial charge >= 0.3 is 0 Å². The number of aromatic nitrogens is 2. The van der Waals surface area contributed by atoms with Gasteiger partial charge in [-0.25, -0.2) is 0 Å². The van der Waals surface area contributed by atoms with Crippen LogP contribution in [0.15, 0.2) is 6.20 Å². The van der Waals surface area contributed by atoms with Crippen molar-refractivity contribution in [2.45, 2.75) is 51.6 Å². The van der Waals surface area contributed by atoms with Crippen LogP contribution in [0.3, 0.4) is 0 Å². The van der Waals surface area contributed by atoms with E-state index in [0.29, 0.717) is 5.92 Å². The molecule has 2 fully saturated rings. The normalized spacial score (nSPS) is 25.8. The van der Waals surface area contributed by atoms with Crippen LogP contribution in [0.25, 0.3) is 0 Å². The van der Waals surface area contributed by atoms with Crippen molar-refractivity contribution in [1.82, 2.24) is 14.7 Å². The fourth-order valence-electron chi connectivity index (χ4n) is 4.04. The van der Waals surface area contributed by atoms with Gasteiger partial charge in [-0.2, -0.15) is 5.10 Å². The molecular weight excluding hydrogens is 302 g/mol. The van der Waals surface area contributed by atoms with Gasteiger partial charge in [0.05, 0.1) is 12.3 Å². The molecule has 4 rings (SSSR count). The highest BCUT2D eigenvalue weighted by Crippen LogP contribution is 2.32. The third kappa shape index (κ3) is 4.01. The Bertz CT molecular complexity index is 535. The highest BCUT2D eigenvalue weighted by molar-refractivity contribution is 5.24. The number of hydrogen-bond donors (Lipinski definition) is 0. The van der Waals surface area contributed by atoms with Crippen LogP contribution >= 0.6 is 0 Å². The zero-order valence-corrected chi connectivity index (χ0v) is 15.0. The molecule has 5 nitrogen and oxygen atoms in total. The lowest BCUT2D eigenvalue weighted by molar-refractivity contribution is 0.0430. The van der Waals surface area contributed by atoms with Crippen LogP contribution in [0.5, 0.6) is 0 Å². The van der Waals surface area contributed by atoms with E-state index in [1.54, 1.807) is 0 Å². The SMILES string of the molecule is CCn1cc2c(n1)[C@H](COCC1CC1)CN(CC1CCOCC1)C2. The summed E-state index contributed by atoms with van der Waals surface area (Å²) in [7, 11) is 0. The molecule has 0 bridgehead atoms. The van der Waals surface area contributed by atoms with Crippen molar-refractivity contribution < 1.29 is 9.47 Å². The molecular formula is C19H31N3O2. The third-order valence-electron chi connectivity index (χ3n) is 5.68. The summed E-state index contributed by atoms with van der Waals surface area (Å²) >= 11 is 0. The Hall–Kier alpha value is -0.910. The smallest absolute Gasteiger partial charge is 0.0736 e. The number of nitrogens with zero attached hydrogens (tertiary/aromatic N) is 3. The maximum absolute atomic E-state index is 6.04. The summed E-state index contributed by atoms with van der Waals surface area (Å²) in [5.74, 6) is 2.05. The van der Waals surface area contributed by atoms with Crippen LogP contribution in [0.4, 0.5) is 0 Å². The molecule has 2 aliphatic heterocycles. The maximum Gasteiger partial charge on any atom is 0.0736 e. The number of aryl methyl sites for hydroxylation is 1. The molecule has 1 saturated heterocycles. The molecule has 1 aromatic heterocycles. The Morgan fingerprint density at radius 2 is 2.00 bits per heavy atom. The van der Waals surface area contributed by atoms with Gasteiger partial charge in [0.1, 0.15) is 0 Å². The molecule has 0 N–H and O–H groups in total. The van der Waals surface area contributed by atoms with Crippen molar-refractivity contribution >= 4 is 0 Å². The summed E-state index contributed by atoms with van der Waals surface area (Å²) in [6.07, 6.45) is 7.38. The average Bonchev–Trinajstić information content (AvgIpc) is 3.32. The van der Waals surface area contributed by atoms with Gasteiger partial charge in [0, 0.05) is 63.7 Å². The van der Waals surface area contributed by atoms with E-state index in [9.17, 15) is 0 Å². The van der Waals surface area contributed by atoms with Crippen molar-refractivity contribution in [2.24, 2.45) is 11.8 Å². The van der Waals surface area contributed by atoms with Crippen molar-refractivity contribution in [3.8, 4) is 0 Å². The summed E-state index contributed by atoms with van der Waals surface area (Å²) in [6, 6.07) is 0. The van der Waals surface area contributed by atoms with Crippen LogP contribution in [-0.2, 0) is 22.6 Å². The Morgan fingerprint density at radius 3 is 2.75 bits per heavy atom. The van der Waals surface area contributed by atoms with E-state index in [1.807, 2.05) is 0 Å². The van der Waals surface area contributed by atoms with E-state index in [-0.39, 0.29) is 0 Å². The standard InChI is InChI=1S/C19H31N3O2/c1-2-22-12-17-10-21(9-15-5-7-23-8-6-15)11-18(19(17)20-22)14-24-13-16-3-4-16/h12,15-16,18H,2-11,13-14H2,1H3/t18-/m0/s1. The maximum atomic E-state index is 6.04. The fourth-order valence-corrected chi connectivity index (χ4v) is 4.04. The first-order valence-corrected chi connectivity index (χ1v) is 9.76. The minimum Gasteiger partial charge on any atom is -0.381 e. The van der Waals surface area contributed by atoms with Crippen LogP contribution in [0.2, 0.25) is 0 Å². The van der Waals surface area contributed by atoms with Gasteiger partial charge in [-0.3, -0.25) is 9.58 Å². The molecule has 0 aromatic carbocycles. The topological polar surface area (TPSA) is 39.5 Å². The molecule has 0 radical (unpaired) electrons. The van der Waals surface area contributed by atoms with E-state index in [0.717, 1.165) is 57.9 Å². The number of rotatable bonds is 7. The third-order valence-corrected chi connectivity index (χ3v) is 5.68. The molecule has 0 spiro atoms. The highest BCUT2D eigenvalue weighted by Gasteiger charge is 2.31. The predicted molar refractivity (Wildman–Crippen MR) is 93.0 cm³/mol. The molecule has 1 aromatic rings. The minimum absolute atomic E-state index is 0.431. The second kappa shape index (κ2) is 7.54. The quantitative estimate of drug-likeness (QED) is 0.769. The van der Waals surface area contributed by atoms with Crippen molar-refractivity contribution in [3.05, 3.63) is 17.5 Å². The largest absolute Gasteiger partial charge is 0.381 e. The minimum atomic E-state index is 0.431. The Kier molecular flexibility index (Phi) is 5.20. The summed E-state index contributed by atoms with van der Waals surface area (Å²) in [4.78, 5) is 2.63. The van der Waals surface area contributed by atoms with Crippen LogP contribution in [0.1, 0.15) is 49.8 Å². The first-order valence-electron chi connectivity index (χ1n) is 9.76. The molecule has 1 atom stereocenters. The molecule has 134 valence electrons. The molecule has 0 unspecified atom stereocenters. The zero-order valence-electron chi connectivity index (χ0n) is 15.0. The van der Waals surface area contributed by atoms with Gasteiger partial charge in [-0.1, -0.05) is 0 Å². The molecule has 3 heterocycles. The second-order valence-electron chi connectivity index (χ2n) is 7.82. The molecule has 5 heteroatoms. The monoisotopic (exact) mass is 333 g/mol. The lowest BCUT2D eigenvalue weighted by atomic mass is 9.94. The molecule has 3 aliphatic rings. The van der Waals surface area contributed by atoms with Gasteiger partial charge in [0.2, 0.25) is 0 Å². The lowest BCUT2D eigenvalue weighted by Crippen LogP contribution is -2.39. The summed E-state index contributed by atoms with van der Waals surface area (Å²) in [5.41, 5.74) is 2.70. The van der Waals surface area contributed by atoms with Crippen molar-refractivity contribution in [2.75, 3.05) is 39.5 Å². The van der Waals surface area contributed by atoms with E-state index in [1.165, 1.54) is 43.5 Å².